The molecule has 126 valence electrons. The third-order valence-corrected chi connectivity index (χ3v) is 5.88. The third-order valence-electron chi connectivity index (χ3n) is 4.86. The van der Waals surface area contributed by atoms with Crippen LogP contribution in [0, 0.1) is 0 Å². The molecule has 2 aliphatic rings. The fourth-order valence-electron chi connectivity index (χ4n) is 3.38. The van der Waals surface area contributed by atoms with Gasteiger partial charge in [0.25, 0.3) is 0 Å². The molecule has 1 aromatic carbocycles. The van der Waals surface area contributed by atoms with Gasteiger partial charge in [0.1, 0.15) is 5.75 Å². The zero-order valence-corrected chi connectivity index (χ0v) is 14.5. The fourth-order valence-corrected chi connectivity index (χ4v) is 4.27. The largest absolute Gasteiger partial charge is 0.508 e. The molecular formula is C19H22N2O2S. The van der Waals surface area contributed by atoms with E-state index in [9.17, 15) is 9.90 Å². The molecule has 0 atom stereocenters. The number of fused-ring (bicyclic) bond motifs is 1. The number of phenols is 1. The van der Waals surface area contributed by atoms with Gasteiger partial charge >= 0.3 is 0 Å². The molecule has 1 N–H and O–H groups in total. The first-order chi connectivity index (χ1) is 11.7. The number of phenolic OH excluding ortho intramolecular Hbond substituents is 1. The van der Waals surface area contributed by atoms with Gasteiger partial charge in [0.2, 0.25) is 5.91 Å². The minimum Gasteiger partial charge on any atom is -0.508 e. The Hall–Kier alpha value is -1.85. The molecule has 24 heavy (non-hydrogen) atoms. The quantitative estimate of drug-likeness (QED) is 0.908. The summed E-state index contributed by atoms with van der Waals surface area (Å²) in [6, 6.07) is 10.0. The lowest BCUT2D eigenvalue weighted by atomic mass is 10.1. The lowest BCUT2D eigenvalue weighted by Crippen LogP contribution is -2.42. The summed E-state index contributed by atoms with van der Waals surface area (Å²) in [7, 11) is 0. The summed E-state index contributed by atoms with van der Waals surface area (Å²) in [5.41, 5.74) is 2.37. The Bertz CT molecular complexity index is 738. The van der Waals surface area contributed by atoms with Crippen molar-refractivity contribution in [2.45, 2.75) is 38.4 Å². The van der Waals surface area contributed by atoms with Crippen LogP contribution in [0.2, 0.25) is 0 Å². The predicted molar refractivity (Wildman–Crippen MR) is 95.0 cm³/mol. The van der Waals surface area contributed by atoms with Crippen molar-refractivity contribution in [3.8, 4) is 5.75 Å². The van der Waals surface area contributed by atoms with Crippen LogP contribution in [0.3, 0.4) is 0 Å². The molecule has 0 spiro atoms. The molecule has 5 heteroatoms. The maximum atomic E-state index is 12.8. The zero-order valence-electron chi connectivity index (χ0n) is 13.6. The van der Waals surface area contributed by atoms with Gasteiger partial charge in [-0.25, -0.2) is 0 Å². The lowest BCUT2D eigenvalue weighted by Gasteiger charge is -2.30. The van der Waals surface area contributed by atoms with Crippen molar-refractivity contribution in [3.63, 3.8) is 0 Å². The predicted octanol–water partition coefficient (Wildman–Crippen LogP) is 3.00. The smallest absolute Gasteiger partial charge is 0.237 e. The second-order valence-electron chi connectivity index (χ2n) is 6.74. The normalized spacial score (nSPS) is 17.1. The minimum absolute atomic E-state index is 0.221. The average Bonchev–Trinajstić information content (AvgIpc) is 3.31. The van der Waals surface area contributed by atoms with Gasteiger partial charge in [0.05, 0.1) is 6.54 Å². The van der Waals surface area contributed by atoms with Crippen molar-refractivity contribution >= 4 is 17.2 Å². The summed E-state index contributed by atoms with van der Waals surface area (Å²) in [6.45, 7) is 2.78. The highest BCUT2D eigenvalue weighted by atomic mass is 32.1. The van der Waals surface area contributed by atoms with Gasteiger partial charge in [0, 0.05) is 30.6 Å². The highest BCUT2D eigenvalue weighted by molar-refractivity contribution is 7.10. The fraction of sp³-hybridized carbons (Fsp3) is 0.421. The van der Waals surface area contributed by atoms with E-state index >= 15 is 0 Å². The Balaban J connectivity index is 1.41. The van der Waals surface area contributed by atoms with Crippen molar-refractivity contribution in [1.29, 1.82) is 0 Å². The molecule has 1 aliphatic heterocycles. The Kier molecular flexibility index (Phi) is 4.29. The van der Waals surface area contributed by atoms with Gasteiger partial charge in [-0.3, -0.25) is 9.69 Å². The lowest BCUT2D eigenvalue weighted by molar-refractivity contribution is -0.133. The van der Waals surface area contributed by atoms with Crippen LogP contribution in [0.4, 0.5) is 0 Å². The van der Waals surface area contributed by atoms with E-state index in [4.69, 9.17) is 0 Å². The van der Waals surface area contributed by atoms with Gasteiger partial charge < -0.3 is 10.0 Å². The second-order valence-corrected chi connectivity index (χ2v) is 7.74. The number of hydrogen-bond donors (Lipinski definition) is 1. The van der Waals surface area contributed by atoms with Gasteiger partial charge in [-0.05, 0) is 54.0 Å². The van der Waals surface area contributed by atoms with Crippen molar-refractivity contribution in [2.24, 2.45) is 0 Å². The van der Waals surface area contributed by atoms with Crippen LogP contribution in [0.1, 0.15) is 28.8 Å². The Morgan fingerprint density at radius 1 is 1.33 bits per heavy atom. The van der Waals surface area contributed by atoms with Gasteiger partial charge in [-0.1, -0.05) is 12.1 Å². The molecule has 2 aromatic rings. The number of hydrogen-bond acceptors (Lipinski definition) is 4. The monoisotopic (exact) mass is 342 g/mol. The molecule has 1 fully saturated rings. The van der Waals surface area contributed by atoms with Crippen LogP contribution in [0.5, 0.6) is 5.75 Å². The summed E-state index contributed by atoms with van der Waals surface area (Å²) in [5.74, 6) is 0.509. The van der Waals surface area contributed by atoms with Gasteiger partial charge in [-0.2, -0.15) is 0 Å². The van der Waals surface area contributed by atoms with E-state index < -0.39 is 0 Å². The summed E-state index contributed by atoms with van der Waals surface area (Å²) >= 11 is 1.80. The van der Waals surface area contributed by atoms with Gasteiger partial charge in [-0.15, -0.1) is 11.3 Å². The summed E-state index contributed by atoms with van der Waals surface area (Å²) < 4.78 is 0. The summed E-state index contributed by atoms with van der Waals surface area (Å²) in [6.07, 6.45) is 3.32. The first-order valence-electron chi connectivity index (χ1n) is 8.54. The number of thiophene rings is 1. The Morgan fingerprint density at radius 2 is 2.21 bits per heavy atom. The molecule has 1 amide bonds. The molecule has 0 bridgehead atoms. The Labute approximate surface area is 146 Å². The zero-order chi connectivity index (χ0) is 16.5. The van der Waals surface area contributed by atoms with E-state index in [2.05, 4.69) is 16.3 Å². The molecule has 2 heterocycles. The van der Waals surface area contributed by atoms with E-state index in [1.54, 1.807) is 23.5 Å². The molecule has 1 saturated carbocycles. The number of benzene rings is 1. The van der Waals surface area contributed by atoms with Crippen LogP contribution in [-0.4, -0.2) is 39.9 Å². The van der Waals surface area contributed by atoms with Crippen LogP contribution in [0.25, 0.3) is 0 Å². The van der Waals surface area contributed by atoms with Crippen LogP contribution in [0.15, 0.2) is 35.7 Å². The molecule has 4 rings (SSSR count). The van der Waals surface area contributed by atoms with Crippen molar-refractivity contribution in [3.05, 3.63) is 51.7 Å². The Morgan fingerprint density at radius 3 is 3.00 bits per heavy atom. The highest BCUT2D eigenvalue weighted by Gasteiger charge is 2.32. The van der Waals surface area contributed by atoms with E-state index in [0.717, 1.165) is 31.6 Å². The molecule has 0 radical (unpaired) electrons. The summed E-state index contributed by atoms with van der Waals surface area (Å²) in [5, 5.41) is 11.8. The standard InChI is InChI=1S/C19H22N2O2S/c22-17-3-1-2-14(10-17)11-21(16-4-5-16)13-19(23)20-8-6-18-15(12-20)7-9-24-18/h1-3,7,9-10,16,22H,4-6,8,11-13H2. The number of amides is 1. The maximum absolute atomic E-state index is 12.8. The van der Waals surface area contributed by atoms with Crippen LogP contribution < -0.4 is 0 Å². The molecule has 1 aromatic heterocycles. The minimum atomic E-state index is 0.221. The topological polar surface area (TPSA) is 43.8 Å². The molecule has 0 saturated heterocycles. The van der Waals surface area contributed by atoms with Gasteiger partial charge in [0.15, 0.2) is 0 Å². The van der Waals surface area contributed by atoms with Crippen molar-refractivity contribution < 1.29 is 9.90 Å². The van der Waals surface area contributed by atoms with E-state index in [-0.39, 0.29) is 11.7 Å². The third kappa shape index (κ3) is 3.47. The second kappa shape index (κ2) is 6.57. The summed E-state index contributed by atoms with van der Waals surface area (Å²) in [4.78, 5) is 18.5. The number of carbonyl (C=O) groups is 1. The maximum Gasteiger partial charge on any atom is 0.237 e. The van der Waals surface area contributed by atoms with E-state index in [0.29, 0.717) is 12.6 Å². The first-order valence-corrected chi connectivity index (χ1v) is 9.42. The highest BCUT2D eigenvalue weighted by Crippen LogP contribution is 2.29. The SMILES string of the molecule is O=C(CN(Cc1cccc(O)c1)C1CC1)N1CCc2sccc2C1. The first kappa shape index (κ1) is 15.7. The number of aromatic hydroxyl groups is 1. The van der Waals surface area contributed by atoms with Crippen LogP contribution >= 0.6 is 11.3 Å². The molecule has 1 aliphatic carbocycles. The molecule has 0 unspecified atom stereocenters. The van der Waals surface area contributed by atoms with E-state index in [1.165, 1.54) is 23.3 Å². The number of rotatable bonds is 5. The van der Waals surface area contributed by atoms with Crippen molar-refractivity contribution in [2.75, 3.05) is 13.1 Å². The van der Waals surface area contributed by atoms with Crippen molar-refractivity contribution in [1.82, 2.24) is 9.80 Å². The van der Waals surface area contributed by atoms with Crippen LogP contribution in [-0.2, 0) is 24.3 Å². The average molecular weight is 342 g/mol. The molecular weight excluding hydrogens is 320 g/mol. The van der Waals surface area contributed by atoms with E-state index in [1.807, 2.05) is 17.0 Å². The number of carbonyl (C=O) groups excluding carboxylic acids is 1. The number of nitrogens with zero attached hydrogens (tertiary/aromatic N) is 2. The molecule has 4 nitrogen and oxygen atoms in total.